The van der Waals surface area contributed by atoms with Gasteiger partial charge in [0.05, 0.1) is 28.7 Å². The number of aliphatic carboxylic acids is 1. The van der Waals surface area contributed by atoms with Gasteiger partial charge in [-0.2, -0.15) is 8.78 Å². The van der Waals surface area contributed by atoms with Gasteiger partial charge in [0.25, 0.3) is 5.91 Å². The number of nitrogens with one attached hydrogen (secondary N) is 2. The van der Waals surface area contributed by atoms with Crippen molar-refractivity contribution < 1.29 is 46.5 Å². The molecular weight excluding hydrogens is 656 g/mol. The highest BCUT2D eigenvalue weighted by molar-refractivity contribution is 7.22. The normalized spacial score (nSPS) is 16.3. The van der Waals surface area contributed by atoms with E-state index in [-0.39, 0.29) is 34.9 Å². The molecule has 2 heterocycles. The summed E-state index contributed by atoms with van der Waals surface area (Å²) in [6, 6.07) is 15.2. The Morgan fingerprint density at radius 2 is 1.75 bits per heavy atom. The second-order valence-electron chi connectivity index (χ2n) is 11.2. The summed E-state index contributed by atoms with van der Waals surface area (Å²) >= 11 is 0.883. The Kier molecular flexibility index (Phi) is 9.07. The van der Waals surface area contributed by atoms with Crippen molar-refractivity contribution in [1.29, 1.82) is 0 Å². The average Bonchev–Trinajstić information content (AvgIpc) is 3.43. The van der Waals surface area contributed by atoms with Gasteiger partial charge in [0.1, 0.15) is 5.75 Å². The highest BCUT2D eigenvalue weighted by Gasteiger charge is 2.54. The van der Waals surface area contributed by atoms with Crippen LogP contribution >= 0.6 is 11.3 Å². The van der Waals surface area contributed by atoms with Crippen molar-refractivity contribution in [2.24, 2.45) is 0 Å². The molecule has 0 saturated heterocycles. The van der Waals surface area contributed by atoms with Gasteiger partial charge in [-0.1, -0.05) is 41.7 Å². The molecule has 2 aliphatic rings. The molecule has 4 aromatic rings. The van der Waals surface area contributed by atoms with Crippen LogP contribution in [0.15, 0.2) is 66.7 Å². The Morgan fingerprint density at radius 1 is 1.00 bits per heavy atom. The predicted molar refractivity (Wildman–Crippen MR) is 169 cm³/mol. The fourth-order valence-corrected chi connectivity index (χ4v) is 6.26. The number of hydrogen-bond donors (Lipinski definition) is 3. The minimum Gasteiger partial charge on any atom is -0.481 e. The lowest BCUT2D eigenvalue weighted by molar-refractivity contribution is -0.461. The van der Waals surface area contributed by atoms with Gasteiger partial charge in [0, 0.05) is 23.9 Å². The molecule has 0 spiro atoms. The van der Waals surface area contributed by atoms with E-state index in [1.165, 1.54) is 10.5 Å². The summed E-state index contributed by atoms with van der Waals surface area (Å²) in [5.41, 5.74) is 2.87. The van der Waals surface area contributed by atoms with Gasteiger partial charge >= 0.3 is 24.4 Å². The zero-order valence-corrected chi connectivity index (χ0v) is 25.9. The molecule has 0 unspecified atom stereocenters. The number of benzene rings is 3. The summed E-state index contributed by atoms with van der Waals surface area (Å²) < 4.78 is 63.9. The van der Waals surface area contributed by atoms with E-state index in [0.29, 0.717) is 16.8 Å². The topological polar surface area (TPSA) is 130 Å². The number of carbonyl (C=O) groups excluding carboxylic acids is 2. The molecule has 1 aliphatic heterocycles. The number of aromatic nitrogens is 1. The van der Waals surface area contributed by atoms with Gasteiger partial charge in [0.2, 0.25) is 0 Å². The number of ether oxygens (including phenoxy) is 2. The Balaban J connectivity index is 1.25. The third-order valence-corrected chi connectivity index (χ3v) is 8.69. The number of rotatable bonds is 9. The van der Waals surface area contributed by atoms with Crippen LogP contribution in [0.4, 0.5) is 33.2 Å². The zero-order valence-electron chi connectivity index (χ0n) is 25.1. The fraction of sp³-hybridized carbons (Fsp3) is 0.273. The first-order valence-corrected chi connectivity index (χ1v) is 15.8. The second-order valence-corrected chi connectivity index (χ2v) is 12.2. The van der Waals surface area contributed by atoms with Crippen LogP contribution in [0.5, 0.6) is 5.75 Å². The van der Waals surface area contributed by atoms with Crippen LogP contribution in [-0.4, -0.2) is 40.8 Å². The molecule has 0 bridgehead atoms. The zero-order chi connectivity index (χ0) is 34.1. The standard InChI is InChI=1S/C33H28F4N4O6S/c34-32(35)24-16-25-27(17-26(24)46-33(36,37)47-32)48-30(39-25)40-31(45)41(23-12-10-21(11-13-23)20-4-2-1-3-5-20)18-19-6-8-22(9-7-19)29(44)38-15-14-28(42)43/h4,6-13,16-17H,1-3,5,14-15,18H2,(H,38,44)(H,42,43)(H,39,40,45). The summed E-state index contributed by atoms with van der Waals surface area (Å²) in [5, 5.41) is 14.0. The molecule has 48 heavy (non-hydrogen) atoms. The molecule has 0 radical (unpaired) electrons. The molecular formula is C33H28F4N4O6S. The number of urea groups is 1. The van der Waals surface area contributed by atoms with Gasteiger partial charge < -0.3 is 15.2 Å². The summed E-state index contributed by atoms with van der Waals surface area (Å²) in [6.45, 7) is 0.0291. The number of fused-ring (bicyclic) bond motifs is 2. The van der Waals surface area contributed by atoms with Crippen molar-refractivity contribution in [3.63, 3.8) is 0 Å². The van der Waals surface area contributed by atoms with E-state index in [9.17, 15) is 31.9 Å². The van der Waals surface area contributed by atoms with Crippen molar-refractivity contribution in [3.8, 4) is 5.75 Å². The largest absolute Gasteiger partial charge is 0.540 e. The summed E-state index contributed by atoms with van der Waals surface area (Å²) in [7, 11) is 0. The van der Waals surface area contributed by atoms with Crippen LogP contribution in [-0.2, 0) is 22.2 Å². The lowest BCUT2D eigenvalue weighted by Gasteiger charge is -2.30. The number of carboxylic acid groups (broad SMARTS) is 1. The van der Waals surface area contributed by atoms with E-state index in [2.05, 4.69) is 31.2 Å². The van der Waals surface area contributed by atoms with Crippen LogP contribution in [0.1, 0.15) is 59.2 Å². The van der Waals surface area contributed by atoms with E-state index in [1.54, 1.807) is 36.4 Å². The maximum atomic E-state index is 14.3. The molecule has 1 aliphatic carbocycles. The summed E-state index contributed by atoms with van der Waals surface area (Å²) in [4.78, 5) is 42.6. The SMILES string of the molecule is O=C(O)CCNC(=O)c1ccc(CN(C(=O)Nc2nc3cc4c(cc3s2)OC(F)(F)OC4(F)F)c2ccc(C3=CCCCC3)cc2)cc1. The predicted octanol–water partition coefficient (Wildman–Crippen LogP) is 7.71. The summed E-state index contributed by atoms with van der Waals surface area (Å²) in [6.07, 6.45) is -2.66. The first-order chi connectivity index (χ1) is 22.9. The van der Waals surface area contributed by atoms with E-state index in [0.717, 1.165) is 54.7 Å². The molecule has 3 aromatic carbocycles. The molecule has 10 nitrogen and oxygen atoms in total. The van der Waals surface area contributed by atoms with Crippen LogP contribution in [0.25, 0.3) is 15.8 Å². The first-order valence-electron chi connectivity index (χ1n) is 14.9. The van der Waals surface area contributed by atoms with Gasteiger partial charge in [-0.15, -0.1) is 8.78 Å². The molecule has 0 atom stereocenters. The summed E-state index contributed by atoms with van der Waals surface area (Å²) in [5.74, 6) is -2.24. The highest BCUT2D eigenvalue weighted by Crippen LogP contribution is 2.48. The Morgan fingerprint density at radius 3 is 2.44 bits per heavy atom. The molecule has 250 valence electrons. The Bertz CT molecular complexity index is 1900. The maximum absolute atomic E-state index is 14.3. The number of alkyl halides is 4. The number of halogens is 4. The van der Waals surface area contributed by atoms with Gasteiger partial charge in [-0.25, -0.2) is 14.5 Å². The van der Waals surface area contributed by atoms with Crippen LogP contribution < -0.4 is 20.3 Å². The molecule has 0 fully saturated rings. The van der Waals surface area contributed by atoms with Crippen molar-refractivity contribution in [3.05, 3.63) is 89.0 Å². The Hall–Kier alpha value is -5.02. The van der Waals surface area contributed by atoms with Gasteiger partial charge in [-0.05, 0) is 72.7 Å². The number of carboxylic acids is 1. The third kappa shape index (κ3) is 7.42. The molecule has 0 saturated carbocycles. The minimum atomic E-state index is -4.53. The van der Waals surface area contributed by atoms with Crippen molar-refractivity contribution in [2.45, 2.75) is 51.1 Å². The van der Waals surface area contributed by atoms with Crippen molar-refractivity contribution in [2.75, 3.05) is 16.8 Å². The monoisotopic (exact) mass is 684 g/mol. The molecule has 3 amide bonds. The van der Waals surface area contributed by atoms with Crippen molar-refractivity contribution >= 4 is 55.9 Å². The maximum Gasteiger partial charge on any atom is 0.540 e. The van der Waals surface area contributed by atoms with E-state index >= 15 is 0 Å². The lowest BCUT2D eigenvalue weighted by Crippen LogP contribution is -2.41. The highest BCUT2D eigenvalue weighted by atomic mass is 32.1. The number of anilines is 2. The van der Waals surface area contributed by atoms with Gasteiger partial charge in [-0.3, -0.25) is 19.8 Å². The number of amides is 3. The van der Waals surface area contributed by atoms with Crippen LogP contribution in [0.3, 0.4) is 0 Å². The number of thiazole rings is 1. The quantitative estimate of drug-likeness (QED) is 0.154. The second kappa shape index (κ2) is 13.2. The Labute approximate surface area is 275 Å². The van der Waals surface area contributed by atoms with E-state index in [1.807, 2.05) is 12.1 Å². The van der Waals surface area contributed by atoms with Gasteiger partial charge in [0.15, 0.2) is 5.13 Å². The smallest absolute Gasteiger partial charge is 0.481 e. The van der Waals surface area contributed by atoms with E-state index in [4.69, 9.17) is 5.11 Å². The number of nitrogens with zero attached hydrogens (tertiary/aromatic N) is 2. The lowest BCUT2D eigenvalue weighted by atomic mass is 9.93. The first kappa shape index (κ1) is 32.9. The van der Waals surface area contributed by atoms with Crippen LogP contribution in [0.2, 0.25) is 0 Å². The number of allylic oxidation sites excluding steroid dienone is 2. The van der Waals surface area contributed by atoms with Crippen molar-refractivity contribution in [1.82, 2.24) is 10.3 Å². The van der Waals surface area contributed by atoms with E-state index < -0.39 is 41.6 Å². The molecule has 3 N–H and O–H groups in total. The number of hydrogen-bond acceptors (Lipinski definition) is 7. The molecule has 6 rings (SSSR count). The minimum absolute atomic E-state index is 0.0139. The average molecular weight is 685 g/mol. The third-order valence-electron chi connectivity index (χ3n) is 7.76. The number of carbonyl (C=O) groups is 3. The molecule has 1 aromatic heterocycles. The fourth-order valence-electron chi connectivity index (χ4n) is 5.40. The van der Waals surface area contributed by atoms with Crippen LogP contribution in [0, 0.1) is 0 Å². The molecule has 15 heteroatoms.